The van der Waals surface area contributed by atoms with Crippen molar-refractivity contribution in [3.05, 3.63) is 11.3 Å². The average Bonchev–Trinajstić information content (AvgIpc) is 2.97. The molecule has 3 aliphatic heterocycles. The highest BCUT2D eigenvalue weighted by molar-refractivity contribution is 6.05. The largest absolute Gasteiger partial charge is 0.496 e. The fourth-order valence-electron chi connectivity index (χ4n) is 6.75. The Morgan fingerprint density at radius 3 is 2.69 bits per heavy atom. The molecule has 0 amide bonds. The highest BCUT2D eigenvalue weighted by Gasteiger charge is 2.77. The number of Topliss-reactive ketones (excluding diaryl/α,β-unsaturated/α-hetero) is 1. The fraction of sp³-hybridized carbons (Fsp3) is 0.818. The van der Waals surface area contributed by atoms with Crippen LogP contribution in [-0.2, 0) is 19.1 Å². The van der Waals surface area contributed by atoms with E-state index in [1.807, 2.05) is 13.8 Å². The number of aliphatic hydroxyl groups is 2. The molecule has 4 aliphatic rings. The number of fused-ring (bicyclic) bond motifs is 4. The first-order valence-corrected chi connectivity index (χ1v) is 10.9. The van der Waals surface area contributed by atoms with Crippen molar-refractivity contribution >= 4 is 11.8 Å². The normalized spacial score (nSPS) is 43.8. The second-order valence-electron chi connectivity index (χ2n) is 9.21. The molecule has 3 fully saturated rings. The van der Waals surface area contributed by atoms with E-state index in [9.17, 15) is 19.8 Å². The third-order valence-corrected chi connectivity index (χ3v) is 7.98. The summed E-state index contributed by atoms with van der Waals surface area (Å²) >= 11 is 0. The summed E-state index contributed by atoms with van der Waals surface area (Å²) in [6.45, 7) is 6.16. The van der Waals surface area contributed by atoms with Crippen molar-refractivity contribution in [2.24, 2.45) is 11.8 Å². The summed E-state index contributed by atoms with van der Waals surface area (Å²) in [4.78, 5) is 28.4. The lowest BCUT2D eigenvalue weighted by Crippen LogP contribution is -2.61. The average molecular weight is 408 g/mol. The minimum Gasteiger partial charge on any atom is -0.496 e. The maximum absolute atomic E-state index is 13.6. The van der Waals surface area contributed by atoms with Gasteiger partial charge >= 0.3 is 5.97 Å². The van der Waals surface area contributed by atoms with Crippen molar-refractivity contribution in [3.8, 4) is 0 Å². The van der Waals surface area contributed by atoms with Crippen molar-refractivity contribution in [2.75, 3.05) is 13.7 Å². The Bertz CT molecular complexity index is 750. The van der Waals surface area contributed by atoms with Crippen molar-refractivity contribution in [2.45, 2.75) is 88.7 Å². The van der Waals surface area contributed by atoms with Gasteiger partial charge in [-0.25, -0.2) is 4.79 Å². The first kappa shape index (κ1) is 20.8. The minimum atomic E-state index is -1.75. The molecule has 29 heavy (non-hydrogen) atoms. The van der Waals surface area contributed by atoms with Crippen LogP contribution in [0.5, 0.6) is 0 Å². The zero-order valence-corrected chi connectivity index (χ0v) is 17.8. The summed E-state index contributed by atoms with van der Waals surface area (Å²) in [5, 5.41) is 22.8. The zero-order valence-electron chi connectivity index (χ0n) is 17.8. The van der Waals surface area contributed by atoms with Crippen molar-refractivity contribution in [3.63, 3.8) is 0 Å². The standard InChI is InChI=1S/C22H33NO6/c1-5-16(24)14-8-6-9-15-17-12(2)18(25)22(19(28-4)13(3)20(26)29-22)21(17,27)10-7-11-23(14)15/h12,14-17,24,27H,5-11H2,1-4H3/t12-,14+,15-,16+,17+,21-,22+/m0/s1. The molecule has 0 bridgehead atoms. The summed E-state index contributed by atoms with van der Waals surface area (Å²) in [6.07, 6.45) is 3.97. The summed E-state index contributed by atoms with van der Waals surface area (Å²) in [6, 6.07) is -0.0104. The van der Waals surface area contributed by atoms with E-state index < -0.39 is 29.2 Å². The van der Waals surface area contributed by atoms with E-state index in [0.717, 1.165) is 25.8 Å². The van der Waals surface area contributed by atoms with Crippen LogP contribution in [0.25, 0.3) is 0 Å². The van der Waals surface area contributed by atoms with E-state index in [1.54, 1.807) is 6.92 Å². The second-order valence-corrected chi connectivity index (χ2v) is 9.21. The van der Waals surface area contributed by atoms with Crippen LogP contribution in [0, 0.1) is 11.8 Å². The van der Waals surface area contributed by atoms with Gasteiger partial charge in [-0.2, -0.15) is 0 Å². The Kier molecular flexibility index (Phi) is 5.07. The van der Waals surface area contributed by atoms with Gasteiger partial charge in [-0.3, -0.25) is 9.69 Å². The van der Waals surface area contributed by atoms with Gasteiger partial charge in [0.05, 0.1) is 18.8 Å². The van der Waals surface area contributed by atoms with Crippen molar-refractivity contribution in [1.82, 2.24) is 4.90 Å². The summed E-state index contributed by atoms with van der Waals surface area (Å²) < 4.78 is 11.2. The van der Waals surface area contributed by atoms with Gasteiger partial charge in [0.2, 0.25) is 0 Å². The number of carbonyl (C=O) groups excluding carboxylic acids is 2. The maximum atomic E-state index is 13.6. The number of methoxy groups -OCH3 is 1. The highest BCUT2D eigenvalue weighted by Crippen LogP contribution is 2.59. The van der Waals surface area contributed by atoms with Gasteiger partial charge in [-0.05, 0) is 45.6 Å². The molecule has 4 rings (SSSR count). The van der Waals surface area contributed by atoms with Crippen LogP contribution >= 0.6 is 0 Å². The van der Waals surface area contributed by atoms with Gasteiger partial charge in [0.1, 0.15) is 5.60 Å². The topological polar surface area (TPSA) is 96.3 Å². The molecule has 0 radical (unpaired) electrons. The highest BCUT2D eigenvalue weighted by atomic mass is 16.6. The molecule has 7 nitrogen and oxygen atoms in total. The van der Waals surface area contributed by atoms with Crippen LogP contribution in [0.4, 0.5) is 0 Å². The van der Waals surface area contributed by atoms with Gasteiger partial charge in [0, 0.05) is 23.9 Å². The number of hydrogen-bond acceptors (Lipinski definition) is 7. The van der Waals surface area contributed by atoms with Crippen molar-refractivity contribution in [1.29, 1.82) is 0 Å². The monoisotopic (exact) mass is 407 g/mol. The summed E-state index contributed by atoms with van der Waals surface area (Å²) in [7, 11) is 1.43. The first-order chi connectivity index (χ1) is 13.7. The Balaban J connectivity index is 1.82. The number of piperidine rings is 1. The summed E-state index contributed by atoms with van der Waals surface area (Å²) in [5.41, 5.74) is -3.01. The Morgan fingerprint density at radius 1 is 1.31 bits per heavy atom. The predicted molar refractivity (Wildman–Crippen MR) is 105 cm³/mol. The van der Waals surface area contributed by atoms with Gasteiger partial charge in [-0.1, -0.05) is 20.3 Å². The SMILES string of the molecule is CC[C@@H](O)[C@H]1CCC[C@H]2[C@H]3[C@H](C)C(=O)[C@]4(OC(=O)C(C)=C4OC)[C@]3(O)CCCN12. The molecule has 1 saturated carbocycles. The zero-order chi connectivity index (χ0) is 21.1. The molecule has 7 atom stereocenters. The van der Waals surface area contributed by atoms with Crippen LogP contribution in [0.15, 0.2) is 11.3 Å². The number of ketones is 1. The molecule has 2 N–H and O–H groups in total. The van der Waals surface area contributed by atoms with Crippen LogP contribution in [0.3, 0.4) is 0 Å². The van der Waals surface area contributed by atoms with E-state index in [4.69, 9.17) is 9.47 Å². The lowest BCUT2D eigenvalue weighted by atomic mass is 9.71. The Hall–Kier alpha value is -1.44. The number of esters is 1. The molecule has 0 unspecified atom stereocenters. The summed E-state index contributed by atoms with van der Waals surface area (Å²) in [5.74, 6) is -1.56. The van der Waals surface area contributed by atoms with Gasteiger partial charge in [0.15, 0.2) is 11.5 Å². The second kappa shape index (κ2) is 7.06. The van der Waals surface area contributed by atoms with E-state index in [0.29, 0.717) is 19.3 Å². The van der Waals surface area contributed by atoms with E-state index >= 15 is 0 Å². The number of ether oxygens (including phenoxy) is 2. The molecule has 0 aromatic rings. The molecule has 162 valence electrons. The number of aliphatic hydroxyl groups excluding tert-OH is 1. The van der Waals surface area contributed by atoms with Gasteiger partial charge < -0.3 is 19.7 Å². The lowest BCUT2D eigenvalue weighted by molar-refractivity contribution is -0.188. The third kappa shape index (κ3) is 2.53. The quantitative estimate of drug-likeness (QED) is 0.685. The van der Waals surface area contributed by atoms with Crippen molar-refractivity contribution < 1.29 is 29.3 Å². The predicted octanol–water partition coefficient (Wildman–Crippen LogP) is 1.56. The van der Waals surface area contributed by atoms with E-state index in [1.165, 1.54) is 7.11 Å². The van der Waals surface area contributed by atoms with E-state index in [2.05, 4.69) is 4.90 Å². The van der Waals surface area contributed by atoms with Gasteiger partial charge in [-0.15, -0.1) is 0 Å². The van der Waals surface area contributed by atoms with Crippen LogP contribution in [0.2, 0.25) is 0 Å². The van der Waals surface area contributed by atoms with Crippen LogP contribution < -0.4 is 0 Å². The molecule has 0 aromatic heterocycles. The fourth-order valence-corrected chi connectivity index (χ4v) is 6.75. The molecule has 2 saturated heterocycles. The third-order valence-electron chi connectivity index (χ3n) is 7.98. The number of nitrogens with zero attached hydrogens (tertiary/aromatic N) is 1. The number of hydrogen-bond donors (Lipinski definition) is 2. The smallest absolute Gasteiger partial charge is 0.338 e. The Labute approximate surface area is 172 Å². The number of carbonyl (C=O) groups is 2. The minimum absolute atomic E-state index is 0.0326. The maximum Gasteiger partial charge on any atom is 0.338 e. The van der Waals surface area contributed by atoms with E-state index in [-0.39, 0.29) is 35.1 Å². The van der Waals surface area contributed by atoms with Crippen LogP contribution in [-0.4, -0.2) is 69.9 Å². The lowest BCUT2D eigenvalue weighted by Gasteiger charge is -2.48. The molecule has 0 aromatic carbocycles. The molecule has 1 aliphatic carbocycles. The molecule has 7 heteroatoms. The molecule has 1 spiro atoms. The Morgan fingerprint density at radius 2 is 2.03 bits per heavy atom. The first-order valence-electron chi connectivity index (χ1n) is 10.9. The van der Waals surface area contributed by atoms with Gasteiger partial charge in [0.25, 0.3) is 5.60 Å². The molecular formula is C22H33NO6. The molecular weight excluding hydrogens is 374 g/mol. The molecule has 3 heterocycles. The number of rotatable bonds is 3. The van der Waals surface area contributed by atoms with Crippen LogP contribution in [0.1, 0.15) is 59.3 Å².